The summed E-state index contributed by atoms with van der Waals surface area (Å²) < 4.78 is 40.4. The van der Waals surface area contributed by atoms with Gasteiger partial charge >= 0.3 is 11.9 Å². The van der Waals surface area contributed by atoms with Gasteiger partial charge in [0.2, 0.25) is 5.78 Å². The average molecular weight is 469 g/mol. The molecule has 0 radical (unpaired) electrons. The molecule has 0 aromatic heterocycles. The van der Waals surface area contributed by atoms with Gasteiger partial charge in [0.1, 0.15) is 0 Å². The number of aliphatic carboxylic acids is 1. The first-order valence-electron chi connectivity index (χ1n) is 12.6. The van der Waals surface area contributed by atoms with Crippen LogP contribution in [0, 0.1) is 17.8 Å². The Kier molecular flexibility index (Phi) is 9.62. The van der Waals surface area contributed by atoms with E-state index >= 15 is 0 Å². The van der Waals surface area contributed by atoms with Gasteiger partial charge in [-0.2, -0.15) is 8.78 Å². The van der Waals surface area contributed by atoms with Crippen molar-refractivity contribution >= 4 is 11.8 Å². The molecule has 1 heterocycles. The lowest BCUT2D eigenvalue weighted by Crippen LogP contribution is -2.31. The number of ketones is 1. The smallest absolute Gasteiger partial charge is 0.309 e. The molecule has 3 fully saturated rings. The number of allylic oxidation sites excluding steroid dienone is 3. The van der Waals surface area contributed by atoms with Crippen molar-refractivity contribution in [2.75, 3.05) is 6.61 Å². The van der Waals surface area contributed by atoms with Gasteiger partial charge < -0.3 is 14.6 Å². The van der Waals surface area contributed by atoms with Crippen LogP contribution in [0.1, 0.15) is 84.0 Å². The average Bonchev–Trinajstić information content (AvgIpc) is 3.31. The molecule has 5 atom stereocenters. The molecule has 1 aliphatic heterocycles. The van der Waals surface area contributed by atoms with Gasteiger partial charge in [0.25, 0.3) is 0 Å². The van der Waals surface area contributed by atoms with Crippen molar-refractivity contribution in [3.63, 3.8) is 0 Å². The van der Waals surface area contributed by atoms with Gasteiger partial charge in [-0.1, -0.05) is 31.1 Å². The summed E-state index contributed by atoms with van der Waals surface area (Å²) in [4.78, 5) is 23.0. The van der Waals surface area contributed by atoms with Crippen LogP contribution in [0.25, 0.3) is 0 Å². The molecule has 1 saturated heterocycles. The Bertz CT molecular complexity index is 726. The number of fused-ring (bicyclic) bond motifs is 1. The quantitative estimate of drug-likeness (QED) is 0.214. The van der Waals surface area contributed by atoms with Crippen molar-refractivity contribution in [1.29, 1.82) is 0 Å². The highest BCUT2D eigenvalue weighted by Gasteiger charge is 2.47. The van der Waals surface area contributed by atoms with Gasteiger partial charge in [-0.05, 0) is 75.7 Å². The molecule has 0 bridgehead atoms. The van der Waals surface area contributed by atoms with Gasteiger partial charge in [-0.3, -0.25) is 9.59 Å². The third kappa shape index (κ3) is 7.44. The number of ether oxygens (including phenoxy) is 2. The minimum atomic E-state index is -3.32. The molecule has 33 heavy (non-hydrogen) atoms. The van der Waals surface area contributed by atoms with E-state index in [0.717, 1.165) is 51.0 Å². The Hall–Kier alpha value is -1.60. The summed E-state index contributed by atoms with van der Waals surface area (Å²) in [5, 5.41) is 8.81. The molecule has 2 aliphatic carbocycles. The molecule has 3 rings (SSSR count). The highest BCUT2D eigenvalue weighted by Crippen LogP contribution is 2.52. The van der Waals surface area contributed by atoms with Crippen molar-refractivity contribution in [3.8, 4) is 0 Å². The van der Waals surface area contributed by atoms with E-state index in [1.807, 2.05) is 6.92 Å². The van der Waals surface area contributed by atoms with E-state index < -0.39 is 24.1 Å². The standard InChI is InChI=1S/C26H38F2O5/c1-2-3-13-26(27,28)23(29)12-11-20-21-16-18(8-4-5-9-24(30)31)15-19(21)17-22(20)33-25-10-6-7-14-32-25/h8,11-12,19-22,25H,2-7,9-10,13-17H2,1H3,(H,30,31)/t19-,20-,21-,22+,25?/m0/s1. The van der Waals surface area contributed by atoms with Gasteiger partial charge in [0.15, 0.2) is 6.29 Å². The van der Waals surface area contributed by atoms with Crippen molar-refractivity contribution in [1.82, 2.24) is 0 Å². The van der Waals surface area contributed by atoms with Crippen molar-refractivity contribution in [3.05, 3.63) is 23.8 Å². The van der Waals surface area contributed by atoms with Gasteiger partial charge in [-0.25, -0.2) is 0 Å². The first kappa shape index (κ1) is 26.0. The number of carboxylic acids is 1. The minimum absolute atomic E-state index is 0.101. The second-order valence-corrected chi connectivity index (χ2v) is 9.80. The molecule has 1 N–H and O–H groups in total. The number of carboxylic acid groups (broad SMARTS) is 1. The normalized spacial score (nSPS) is 31.4. The fraction of sp³-hybridized carbons (Fsp3) is 0.769. The molecule has 0 aromatic rings. The molecular weight excluding hydrogens is 430 g/mol. The Labute approximate surface area is 195 Å². The van der Waals surface area contributed by atoms with E-state index in [1.54, 1.807) is 6.08 Å². The third-order valence-electron chi connectivity index (χ3n) is 7.25. The fourth-order valence-corrected chi connectivity index (χ4v) is 5.48. The van der Waals surface area contributed by atoms with Crippen LogP contribution >= 0.6 is 0 Å². The zero-order chi connectivity index (χ0) is 23.8. The van der Waals surface area contributed by atoms with Crippen LogP contribution in [-0.4, -0.2) is 41.8 Å². The Balaban J connectivity index is 1.67. The summed E-state index contributed by atoms with van der Waals surface area (Å²) in [6.45, 7) is 2.51. The number of rotatable bonds is 12. The lowest BCUT2D eigenvalue weighted by molar-refractivity contribution is -0.193. The third-order valence-corrected chi connectivity index (χ3v) is 7.25. The SMILES string of the molecule is CCCCC(F)(F)C(=O)C=C[C@H]1[C@H]2CC(=CCCCC(=O)O)C[C@H]2C[C@H]1OC1CCCCO1. The summed E-state index contributed by atoms with van der Waals surface area (Å²) in [6.07, 6.45) is 12.1. The zero-order valence-electron chi connectivity index (χ0n) is 19.6. The first-order chi connectivity index (χ1) is 15.8. The lowest BCUT2D eigenvalue weighted by Gasteiger charge is -2.29. The predicted octanol–water partition coefficient (Wildman–Crippen LogP) is 6.08. The Morgan fingerprint density at radius 3 is 2.76 bits per heavy atom. The number of halogens is 2. The highest BCUT2D eigenvalue weighted by atomic mass is 19.3. The van der Waals surface area contributed by atoms with Crippen LogP contribution in [0.3, 0.4) is 0 Å². The van der Waals surface area contributed by atoms with Crippen molar-refractivity contribution < 1.29 is 33.0 Å². The van der Waals surface area contributed by atoms with Crippen LogP contribution in [-0.2, 0) is 19.1 Å². The number of carbonyl (C=O) groups excluding carboxylic acids is 1. The van der Waals surface area contributed by atoms with Crippen LogP contribution in [0.4, 0.5) is 8.78 Å². The second kappa shape index (κ2) is 12.2. The monoisotopic (exact) mass is 468 g/mol. The molecule has 0 spiro atoms. The maximum absolute atomic E-state index is 14.2. The molecule has 0 amide bonds. The summed E-state index contributed by atoms with van der Waals surface area (Å²) in [7, 11) is 0. The van der Waals surface area contributed by atoms with Crippen molar-refractivity contribution in [2.24, 2.45) is 17.8 Å². The number of alkyl halides is 2. The van der Waals surface area contributed by atoms with Crippen molar-refractivity contribution in [2.45, 2.75) is 102 Å². The summed E-state index contributed by atoms with van der Waals surface area (Å²) >= 11 is 0. The zero-order valence-corrected chi connectivity index (χ0v) is 19.6. The van der Waals surface area contributed by atoms with E-state index in [-0.39, 0.29) is 30.7 Å². The largest absolute Gasteiger partial charge is 0.481 e. The molecule has 1 unspecified atom stereocenters. The number of hydrogen-bond acceptors (Lipinski definition) is 4. The second-order valence-electron chi connectivity index (χ2n) is 9.80. The summed E-state index contributed by atoms with van der Waals surface area (Å²) in [5.41, 5.74) is 1.31. The molecule has 0 aromatic carbocycles. The van der Waals surface area contributed by atoms with Gasteiger partial charge in [0.05, 0.1) is 6.10 Å². The van der Waals surface area contributed by atoms with E-state index in [2.05, 4.69) is 6.08 Å². The molecule has 186 valence electrons. The number of hydrogen-bond donors (Lipinski definition) is 1. The van der Waals surface area contributed by atoms with E-state index in [9.17, 15) is 18.4 Å². The van der Waals surface area contributed by atoms with E-state index in [0.29, 0.717) is 31.8 Å². The summed E-state index contributed by atoms with van der Waals surface area (Å²) in [5.74, 6) is -4.69. The molecule has 5 nitrogen and oxygen atoms in total. The first-order valence-corrected chi connectivity index (χ1v) is 12.6. The molecule has 2 saturated carbocycles. The Morgan fingerprint density at radius 2 is 2.06 bits per heavy atom. The van der Waals surface area contributed by atoms with Crippen LogP contribution in [0.5, 0.6) is 0 Å². The van der Waals surface area contributed by atoms with Crippen LogP contribution in [0.2, 0.25) is 0 Å². The topological polar surface area (TPSA) is 72.8 Å². The number of carbonyl (C=O) groups is 2. The van der Waals surface area contributed by atoms with Crippen LogP contribution in [0.15, 0.2) is 23.8 Å². The molecular formula is C26H38F2O5. The minimum Gasteiger partial charge on any atom is -0.481 e. The van der Waals surface area contributed by atoms with Crippen LogP contribution < -0.4 is 0 Å². The number of unbranched alkanes of at least 4 members (excludes halogenated alkanes) is 2. The summed E-state index contributed by atoms with van der Waals surface area (Å²) in [6, 6.07) is 0. The maximum Gasteiger partial charge on any atom is 0.309 e. The van der Waals surface area contributed by atoms with E-state index in [4.69, 9.17) is 14.6 Å². The Morgan fingerprint density at radius 1 is 1.24 bits per heavy atom. The van der Waals surface area contributed by atoms with Gasteiger partial charge in [0, 0.05) is 25.4 Å². The highest BCUT2D eigenvalue weighted by molar-refractivity contribution is 5.95. The lowest BCUT2D eigenvalue weighted by atomic mass is 9.90. The molecule has 3 aliphatic rings. The van der Waals surface area contributed by atoms with E-state index in [1.165, 1.54) is 5.57 Å². The molecule has 7 heteroatoms. The maximum atomic E-state index is 14.2. The predicted molar refractivity (Wildman–Crippen MR) is 121 cm³/mol. The fourth-order valence-electron chi connectivity index (χ4n) is 5.48. The van der Waals surface area contributed by atoms with Gasteiger partial charge in [-0.15, -0.1) is 0 Å².